The van der Waals surface area contributed by atoms with E-state index in [9.17, 15) is 4.79 Å². The van der Waals surface area contributed by atoms with E-state index in [4.69, 9.17) is 0 Å². The van der Waals surface area contributed by atoms with Crippen molar-refractivity contribution >= 4 is 5.91 Å². The minimum Gasteiger partial charge on any atom is -0.354 e. The lowest BCUT2D eigenvalue weighted by Crippen LogP contribution is -2.26. The summed E-state index contributed by atoms with van der Waals surface area (Å²) in [7, 11) is 3.76. The van der Waals surface area contributed by atoms with Crippen LogP contribution in [0.4, 0.5) is 0 Å². The van der Waals surface area contributed by atoms with E-state index in [0.29, 0.717) is 0 Å². The van der Waals surface area contributed by atoms with Crippen LogP contribution in [0.15, 0.2) is 12.3 Å². The Morgan fingerprint density at radius 3 is 2.62 bits per heavy atom. The number of aromatic nitrogens is 1. The van der Waals surface area contributed by atoms with Gasteiger partial charge in [-0.05, 0) is 19.9 Å². The molecule has 1 heterocycles. The fraction of sp³-hybridized carbons (Fsp3) is 0.500. The minimum absolute atomic E-state index is 0.0978. The second-order valence-electron chi connectivity index (χ2n) is 3.25. The molecule has 72 valence electrons. The van der Waals surface area contributed by atoms with Gasteiger partial charge in [0.05, 0.1) is 5.56 Å². The summed E-state index contributed by atoms with van der Waals surface area (Å²) in [4.78, 5) is 13.4. The Morgan fingerprint density at radius 1 is 1.62 bits per heavy atom. The Kier molecular flexibility index (Phi) is 2.76. The lowest BCUT2D eigenvalue weighted by atomic mass is 10.2. The summed E-state index contributed by atoms with van der Waals surface area (Å²) in [6, 6.07) is 1.86. The predicted molar refractivity (Wildman–Crippen MR) is 52.8 cm³/mol. The van der Waals surface area contributed by atoms with Crippen molar-refractivity contribution in [1.82, 2.24) is 9.47 Å². The van der Waals surface area contributed by atoms with E-state index in [1.54, 1.807) is 4.90 Å². The molecule has 0 unspecified atom stereocenters. The molecule has 0 saturated carbocycles. The van der Waals surface area contributed by atoms with Crippen LogP contribution < -0.4 is 0 Å². The molecule has 0 radical (unpaired) electrons. The van der Waals surface area contributed by atoms with E-state index in [0.717, 1.165) is 17.8 Å². The summed E-state index contributed by atoms with van der Waals surface area (Å²) in [5, 5.41) is 0. The second kappa shape index (κ2) is 3.64. The first kappa shape index (κ1) is 9.84. The SMILES string of the molecule is CCN(C)C(=O)c1ccn(C)c1C. The lowest BCUT2D eigenvalue weighted by Gasteiger charge is -2.14. The highest BCUT2D eigenvalue weighted by atomic mass is 16.2. The van der Waals surface area contributed by atoms with E-state index in [2.05, 4.69) is 0 Å². The molecule has 0 atom stereocenters. The van der Waals surface area contributed by atoms with Crippen LogP contribution in [0, 0.1) is 6.92 Å². The zero-order valence-electron chi connectivity index (χ0n) is 8.66. The topological polar surface area (TPSA) is 25.2 Å². The third-order valence-corrected chi connectivity index (χ3v) is 2.44. The Morgan fingerprint density at radius 2 is 2.23 bits per heavy atom. The van der Waals surface area contributed by atoms with Crippen molar-refractivity contribution < 1.29 is 4.79 Å². The maximum Gasteiger partial charge on any atom is 0.255 e. The third kappa shape index (κ3) is 1.74. The number of carbonyl (C=O) groups excluding carboxylic acids is 1. The molecule has 3 heteroatoms. The minimum atomic E-state index is 0.0978. The van der Waals surface area contributed by atoms with Gasteiger partial charge in [0.1, 0.15) is 0 Å². The van der Waals surface area contributed by atoms with Crippen molar-refractivity contribution in [2.45, 2.75) is 13.8 Å². The first-order chi connectivity index (χ1) is 6.07. The zero-order chi connectivity index (χ0) is 10.0. The first-order valence-corrected chi connectivity index (χ1v) is 4.45. The molecular weight excluding hydrogens is 164 g/mol. The van der Waals surface area contributed by atoms with Crippen LogP contribution in [0.2, 0.25) is 0 Å². The molecule has 0 N–H and O–H groups in total. The molecule has 0 aliphatic rings. The zero-order valence-corrected chi connectivity index (χ0v) is 8.66. The monoisotopic (exact) mass is 180 g/mol. The largest absolute Gasteiger partial charge is 0.354 e. The van der Waals surface area contributed by atoms with E-state index in [1.807, 2.05) is 44.8 Å². The standard InChI is InChI=1S/C10H16N2O/c1-5-11(3)10(13)9-6-7-12(4)8(9)2/h6-7H,5H2,1-4H3. The molecule has 0 spiro atoms. The van der Waals surface area contributed by atoms with Gasteiger partial charge in [-0.2, -0.15) is 0 Å². The number of aryl methyl sites for hydroxylation is 1. The maximum atomic E-state index is 11.7. The summed E-state index contributed by atoms with van der Waals surface area (Å²) < 4.78 is 1.96. The highest BCUT2D eigenvalue weighted by molar-refractivity contribution is 5.95. The van der Waals surface area contributed by atoms with E-state index in [1.165, 1.54) is 0 Å². The van der Waals surface area contributed by atoms with Crippen LogP contribution >= 0.6 is 0 Å². The van der Waals surface area contributed by atoms with Crippen molar-refractivity contribution in [3.8, 4) is 0 Å². The van der Waals surface area contributed by atoms with Gasteiger partial charge in [0.2, 0.25) is 0 Å². The second-order valence-corrected chi connectivity index (χ2v) is 3.25. The summed E-state index contributed by atoms with van der Waals surface area (Å²) in [5.74, 6) is 0.0978. The van der Waals surface area contributed by atoms with Crippen molar-refractivity contribution in [3.05, 3.63) is 23.5 Å². The van der Waals surface area contributed by atoms with Gasteiger partial charge in [-0.15, -0.1) is 0 Å². The predicted octanol–water partition coefficient (Wildman–Crippen LogP) is 1.43. The van der Waals surface area contributed by atoms with E-state index in [-0.39, 0.29) is 5.91 Å². The van der Waals surface area contributed by atoms with Crippen LogP contribution in [0.5, 0.6) is 0 Å². The Bertz CT molecular complexity index is 315. The molecular formula is C10H16N2O. The average molecular weight is 180 g/mol. The molecule has 0 aromatic carbocycles. The summed E-state index contributed by atoms with van der Waals surface area (Å²) in [6.45, 7) is 4.67. The Balaban J connectivity index is 2.95. The van der Waals surface area contributed by atoms with Gasteiger partial charge in [0.25, 0.3) is 5.91 Å². The first-order valence-electron chi connectivity index (χ1n) is 4.45. The van der Waals surface area contributed by atoms with Crippen molar-refractivity contribution in [1.29, 1.82) is 0 Å². The smallest absolute Gasteiger partial charge is 0.255 e. The average Bonchev–Trinajstić information content (AvgIpc) is 2.45. The van der Waals surface area contributed by atoms with Crippen molar-refractivity contribution in [2.24, 2.45) is 7.05 Å². The van der Waals surface area contributed by atoms with Crippen LogP contribution in [0.25, 0.3) is 0 Å². The normalized spacial score (nSPS) is 10.2. The van der Waals surface area contributed by atoms with Gasteiger partial charge in [0, 0.05) is 32.5 Å². The van der Waals surface area contributed by atoms with Gasteiger partial charge in [-0.3, -0.25) is 4.79 Å². The van der Waals surface area contributed by atoms with Crippen LogP contribution in [-0.4, -0.2) is 29.0 Å². The summed E-state index contributed by atoms with van der Waals surface area (Å²) in [6.07, 6.45) is 1.91. The number of nitrogens with zero attached hydrogens (tertiary/aromatic N) is 2. The third-order valence-electron chi connectivity index (χ3n) is 2.44. The van der Waals surface area contributed by atoms with Gasteiger partial charge >= 0.3 is 0 Å². The molecule has 13 heavy (non-hydrogen) atoms. The molecule has 1 aromatic heterocycles. The summed E-state index contributed by atoms with van der Waals surface area (Å²) >= 11 is 0. The number of hydrogen-bond donors (Lipinski definition) is 0. The molecule has 1 rings (SSSR count). The highest BCUT2D eigenvalue weighted by Gasteiger charge is 2.13. The maximum absolute atomic E-state index is 11.7. The summed E-state index contributed by atoms with van der Waals surface area (Å²) in [5.41, 5.74) is 1.82. The molecule has 1 amide bonds. The fourth-order valence-corrected chi connectivity index (χ4v) is 1.18. The van der Waals surface area contributed by atoms with Gasteiger partial charge in [0.15, 0.2) is 0 Å². The molecule has 3 nitrogen and oxygen atoms in total. The van der Waals surface area contributed by atoms with E-state index >= 15 is 0 Å². The number of rotatable bonds is 2. The molecule has 0 saturated heterocycles. The Hall–Kier alpha value is -1.25. The quantitative estimate of drug-likeness (QED) is 0.675. The molecule has 1 aromatic rings. The molecule has 0 aliphatic heterocycles. The highest BCUT2D eigenvalue weighted by Crippen LogP contribution is 2.10. The Labute approximate surface area is 79.0 Å². The fourth-order valence-electron chi connectivity index (χ4n) is 1.18. The van der Waals surface area contributed by atoms with Crippen molar-refractivity contribution in [2.75, 3.05) is 13.6 Å². The van der Waals surface area contributed by atoms with Crippen LogP contribution in [0.1, 0.15) is 23.0 Å². The molecule has 0 bridgehead atoms. The van der Waals surface area contributed by atoms with Gasteiger partial charge < -0.3 is 9.47 Å². The number of amides is 1. The van der Waals surface area contributed by atoms with Crippen LogP contribution in [-0.2, 0) is 7.05 Å². The van der Waals surface area contributed by atoms with Gasteiger partial charge in [-0.1, -0.05) is 0 Å². The number of hydrogen-bond acceptors (Lipinski definition) is 1. The number of carbonyl (C=O) groups is 1. The lowest BCUT2D eigenvalue weighted by molar-refractivity contribution is 0.0801. The van der Waals surface area contributed by atoms with Gasteiger partial charge in [-0.25, -0.2) is 0 Å². The molecule has 0 aliphatic carbocycles. The van der Waals surface area contributed by atoms with Crippen LogP contribution in [0.3, 0.4) is 0 Å². The van der Waals surface area contributed by atoms with E-state index < -0.39 is 0 Å². The van der Waals surface area contributed by atoms with Crippen molar-refractivity contribution in [3.63, 3.8) is 0 Å². The molecule has 0 fully saturated rings.